The van der Waals surface area contributed by atoms with E-state index in [4.69, 9.17) is 11.6 Å². The zero-order chi connectivity index (χ0) is 29.6. The van der Waals surface area contributed by atoms with E-state index in [1.807, 2.05) is 0 Å². The molecule has 3 aliphatic rings. The van der Waals surface area contributed by atoms with Crippen LogP contribution in [0.4, 0.5) is 27.6 Å². The molecule has 1 N–H and O–H groups in total. The van der Waals surface area contributed by atoms with E-state index in [1.165, 1.54) is 18.2 Å². The Morgan fingerprint density at radius 3 is 1.93 bits per heavy atom. The van der Waals surface area contributed by atoms with E-state index < -0.39 is 48.2 Å². The van der Waals surface area contributed by atoms with E-state index in [0.717, 1.165) is 40.5 Å². The average Bonchev–Trinajstić information content (AvgIpc) is 2.94. The predicted octanol–water partition coefficient (Wildman–Crippen LogP) is 5.34. The van der Waals surface area contributed by atoms with Crippen LogP contribution in [0.25, 0.3) is 0 Å². The lowest BCUT2D eigenvalue weighted by Gasteiger charge is -2.42. The van der Waals surface area contributed by atoms with Crippen LogP contribution < -0.4 is 4.90 Å². The second-order valence-corrected chi connectivity index (χ2v) is 11.6. The summed E-state index contributed by atoms with van der Waals surface area (Å²) in [4.78, 5) is 29.8. The van der Waals surface area contributed by atoms with Crippen molar-refractivity contribution in [3.05, 3.63) is 64.7 Å². The molecule has 5 rings (SSSR count). The van der Waals surface area contributed by atoms with Crippen LogP contribution in [0.1, 0.15) is 41.6 Å². The Balaban J connectivity index is 1.15. The highest BCUT2D eigenvalue weighted by atomic mass is 35.5. The lowest BCUT2D eigenvalue weighted by molar-refractivity contribution is -0.262. The third-order valence-electron chi connectivity index (χ3n) is 8.62. The molecule has 12 heteroatoms. The molecule has 3 heterocycles. The van der Waals surface area contributed by atoms with Crippen molar-refractivity contribution in [2.75, 3.05) is 44.2 Å². The van der Waals surface area contributed by atoms with Gasteiger partial charge in [0.2, 0.25) is 0 Å². The van der Waals surface area contributed by atoms with E-state index in [2.05, 4.69) is 4.90 Å². The SMILES string of the molecule is O=C(c1ccc(N2CCC(C3CCN(C(=O)C(O)(c4ccccc4)C(F)(F)F)CC3)CC2)cc1Cl)N1CC(F)(F)C1. The van der Waals surface area contributed by atoms with Crippen molar-refractivity contribution in [2.45, 2.75) is 43.4 Å². The molecule has 3 saturated heterocycles. The van der Waals surface area contributed by atoms with Crippen molar-refractivity contribution in [1.82, 2.24) is 9.80 Å². The fourth-order valence-corrected chi connectivity index (χ4v) is 6.48. The number of nitrogens with zero attached hydrogens (tertiary/aromatic N) is 3. The topological polar surface area (TPSA) is 64.1 Å². The fraction of sp³-hybridized carbons (Fsp3) is 0.517. The van der Waals surface area contributed by atoms with Gasteiger partial charge in [-0.15, -0.1) is 0 Å². The number of likely N-dealkylation sites (tertiary alicyclic amines) is 2. The van der Waals surface area contributed by atoms with Crippen molar-refractivity contribution in [3.63, 3.8) is 0 Å². The predicted molar refractivity (Wildman–Crippen MR) is 143 cm³/mol. The van der Waals surface area contributed by atoms with Crippen molar-refractivity contribution in [3.8, 4) is 0 Å². The van der Waals surface area contributed by atoms with Gasteiger partial charge in [0.15, 0.2) is 0 Å². The molecule has 3 aliphatic heterocycles. The molecule has 0 aromatic heterocycles. The van der Waals surface area contributed by atoms with Crippen LogP contribution in [-0.4, -0.2) is 78.1 Å². The van der Waals surface area contributed by atoms with Gasteiger partial charge in [0, 0.05) is 37.4 Å². The fourth-order valence-electron chi connectivity index (χ4n) is 6.22. The molecule has 0 bridgehead atoms. The second-order valence-electron chi connectivity index (χ2n) is 11.2. The van der Waals surface area contributed by atoms with Gasteiger partial charge >= 0.3 is 6.18 Å². The number of alkyl halides is 5. The monoisotopic (exact) mass is 599 g/mol. The number of aliphatic hydroxyl groups is 1. The largest absolute Gasteiger partial charge is 0.430 e. The Hall–Kier alpha value is -2.92. The van der Waals surface area contributed by atoms with Crippen LogP contribution in [0.5, 0.6) is 0 Å². The summed E-state index contributed by atoms with van der Waals surface area (Å²) in [5, 5.41) is 10.8. The number of hydrogen-bond donors (Lipinski definition) is 1. The first-order valence-electron chi connectivity index (χ1n) is 13.7. The molecule has 0 saturated carbocycles. The maximum atomic E-state index is 14.0. The summed E-state index contributed by atoms with van der Waals surface area (Å²) in [6, 6.07) is 11.4. The lowest BCUT2D eigenvalue weighted by Crippen LogP contribution is -2.58. The van der Waals surface area contributed by atoms with Crippen LogP contribution in [0, 0.1) is 11.8 Å². The zero-order valence-corrected chi connectivity index (χ0v) is 23.0. The molecule has 3 fully saturated rings. The van der Waals surface area contributed by atoms with Gasteiger partial charge in [-0.2, -0.15) is 13.2 Å². The smallest absolute Gasteiger partial charge is 0.371 e. The molecule has 0 radical (unpaired) electrons. The molecule has 2 aromatic carbocycles. The minimum absolute atomic E-state index is 0.142. The summed E-state index contributed by atoms with van der Waals surface area (Å²) in [6.07, 6.45) is -2.37. The average molecular weight is 600 g/mol. The van der Waals surface area contributed by atoms with E-state index in [1.54, 1.807) is 18.2 Å². The third kappa shape index (κ3) is 5.75. The highest BCUT2D eigenvalue weighted by molar-refractivity contribution is 6.34. The minimum Gasteiger partial charge on any atom is -0.371 e. The van der Waals surface area contributed by atoms with Crippen LogP contribution in [-0.2, 0) is 10.4 Å². The highest BCUT2D eigenvalue weighted by Gasteiger charge is 2.62. The molecule has 2 amide bonds. The number of halogens is 6. The summed E-state index contributed by atoms with van der Waals surface area (Å²) in [7, 11) is 0. The van der Waals surface area contributed by atoms with Gasteiger partial charge in [0.25, 0.3) is 23.3 Å². The van der Waals surface area contributed by atoms with Gasteiger partial charge in [-0.05, 0) is 55.7 Å². The zero-order valence-electron chi connectivity index (χ0n) is 22.2. The van der Waals surface area contributed by atoms with Gasteiger partial charge in [-0.1, -0.05) is 41.9 Å². The molecule has 0 spiro atoms. The van der Waals surface area contributed by atoms with Crippen molar-refractivity contribution in [2.24, 2.45) is 11.8 Å². The Morgan fingerprint density at radius 2 is 1.41 bits per heavy atom. The van der Waals surface area contributed by atoms with Gasteiger partial charge < -0.3 is 19.8 Å². The van der Waals surface area contributed by atoms with Crippen LogP contribution >= 0.6 is 11.6 Å². The van der Waals surface area contributed by atoms with Crippen LogP contribution in [0.2, 0.25) is 5.02 Å². The summed E-state index contributed by atoms with van der Waals surface area (Å²) in [6.45, 7) is 0.495. The van der Waals surface area contributed by atoms with E-state index in [0.29, 0.717) is 31.8 Å². The Labute approximate surface area is 239 Å². The first-order valence-corrected chi connectivity index (χ1v) is 14.0. The maximum absolute atomic E-state index is 14.0. The van der Waals surface area contributed by atoms with E-state index in [9.17, 15) is 36.6 Å². The van der Waals surface area contributed by atoms with Crippen molar-refractivity contribution >= 4 is 29.1 Å². The number of rotatable bonds is 5. The van der Waals surface area contributed by atoms with Gasteiger partial charge in [-0.25, -0.2) is 8.78 Å². The summed E-state index contributed by atoms with van der Waals surface area (Å²) < 4.78 is 68.1. The van der Waals surface area contributed by atoms with E-state index in [-0.39, 0.29) is 29.6 Å². The Morgan fingerprint density at radius 1 is 0.854 bits per heavy atom. The molecule has 6 nitrogen and oxygen atoms in total. The number of benzene rings is 2. The number of hydrogen-bond acceptors (Lipinski definition) is 4. The summed E-state index contributed by atoms with van der Waals surface area (Å²) in [5.74, 6) is -4.13. The van der Waals surface area contributed by atoms with Gasteiger partial charge in [0.1, 0.15) is 0 Å². The van der Waals surface area contributed by atoms with Crippen LogP contribution in [0.15, 0.2) is 48.5 Å². The molecule has 222 valence electrons. The molecule has 2 aromatic rings. The first kappa shape index (κ1) is 29.6. The molecular formula is C29H31ClF5N3O3. The number of piperidine rings is 2. The number of carbonyl (C=O) groups is 2. The third-order valence-corrected chi connectivity index (χ3v) is 8.94. The second kappa shape index (κ2) is 11.1. The normalized spacial score (nSPS) is 21.8. The molecule has 0 aliphatic carbocycles. The van der Waals surface area contributed by atoms with Crippen LogP contribution in [0.3, 0.4) is 0 Å². The standard InChI is InChI=1S/C29H31ClF5N3O3/c30-24-16-22(6-7-23(24)25(39)38-17-27(31,32)18-38)36-12-8-19(9-13-36)20-10-14-37(15-11-20)26(40)28(41,29(33,34)35)21-4-2-1-3-5-21/h1-7,16,19-20,41H,8-15,17-18H2. The summed E-state index contributed by atoms with van der Waals surface area (Å²) in [5.41, 5.74) is -3.07. The van der Waals surface area contributed by atoms with Gasteiger partial charge in [-0.3, -0.25) is 9.59 Å². The molecule has 41 heavy (non-hydrogen) atoms. The number of anilines is 1. The van der Waals surface area contributed by atoms with Crippen molar-refractivity contribution < 1.29 is 36.6 Å². The lowest BCUT2D eigenvalue weighted by atomic mass is 9.78. The summed E-state index contributed by atoms with van der Waals surface area (Å²) >= 11 is 6.35. The number of carbonyl (C=O) groups excluding carboxylic acids is 2. The maximum Gasteiger partial charge on any atom is 0.430 e. The molecule has 1 atom stereocenters. The number of amides is 2. The van der Waals surface area contributed by atoms with Crippen molar-refractivity contribution in [1.29, 1.82) is 0 Å². The highest BCUT2D eigenvalue weighted by Crippen LogP contribution is 2.42. The molecule has 1 unspecified atom stereocenters. The quantitative estimate of drug-likeness (QED) is 0.472. The Bertz CT molecular complexity index is 1270. The minimum atomic E-state index is -5.16. The van der Waals surface area contributed by atoms with E-state index >= 15 is 0 Å². The van der Waals surface area contributed by atoms with Gasteiger partial charge in [0.05, 0.1) is 23.7 Å². The Kier molecular flexibility index (Phi) is 7.97. The first-order chi connectivity index (χ1) is 19.3. The molecular weight excluding hydrogens is 569 g/mol.